The van der Waals surface area contributed by atoms with Crippen molar-refractivity contribution in [3.63, 3.8) is 0 Å². The van der Waals surface area contributed by atoms with Crippen LogP contribution in [-0.4, -0.2) is 17.1 Å². The van der Waals surface area contributed by atoms with Crippen molar-refractivity contribution < 1.29 is 9.47 Å². The van der Waals surface area contributed by atoms with Gasteiger partial charge in [0.25, 0.3) is 0 Å². The molecule has 0 unspecified atom stereocenters. The molecule has 2 N–H and O–H groups in total. The monoisotopic (exact) mass is 307 g/mol. The summed E-state index contributed by atoms with van der Waals surface area (Å²) in [4.78, 5) is 8.45. The molecule has 0 aliphatic heterocycles. The summed E-state index contributed by atoms with van der Waals surface area (Å²) in [5, 5.41) is 0. The number of nitrogens with two attached hydrogens (primary N) is 1. The second-order valence-corrected chi connectivity index (χ2v) is 4.90. The van der Waals surface area contributed by atoms with E-state index in [1.807, 2.05) is 48.5 Å². The van der Waals surface area contributed by atoms with Crippen LogP contribution < -0.4 is 15.2 Å². The van der Waals surface area contributed by atoms with Crippen LogP contribution in [0.25, 0.3) is 11.3 Å². The predicted octanol–water partition coefficient (Wildman–Crippen LogP) is 3.40. The van der Waals surface area contributed by atoms with Gasteiger partial charge in [-0.25, -0.2) is 9.97 Å². The first-order valence-corrected chi connectivity index (χ1v) is 7.22. The SMILES string of the molecule is COc1cc(CN)ccc1Oc1cc(-c2ccccc2)ncn1. The van der Waals surface area contributed by atoms with Crippen LogP contribution in [0.15, 0.2) is 60.9 Å². The van der Waals surface area contributed by atoms with Crippen LogP contribution in [0.2, 0.25) is 0 Å². The molecule has 3 rings (SSSR count). The van der Waals surface area contributed by atoms with Crippen LogP contribution in [0.3, 0.4) is 0 Å². The highest BCUT2D eigenvalue weighted by Gasteiger charge is 2.09. The van der Waals surface area contributed by atoms with E-state index in [1.54, 1.807) is 13.2 Å². The van der Waals surface area contributed by atoms with E-state index in [1.165, 1.54) is 6.33 Å². The third-order valence-electron chi connectivity index (χ3n) is 3.39. The molecule has 0 aliphatic carbocycles. The molecule has 0 fully saturated rings. The summed E-state index contributed by atoms with van der Waals surface area (Å²) in [6, 6.07) is 17.2. The zero-order valence-electron chi connectivity index (χ0n) is 12.8. The Kier molecular flexibility index (Phi) is 4.49. The number of aromatic nitrogens is 2. The summed E-state index contributed by atoms with van der Waals surface area (Å²) < 4.78 is 11.2. The van der Waals surface area contributed by atoms with Gasteiger partial charge in [-0.2, -0.15) is 0 Å². The fraction of sp³-hybridized carbons (Fsp3) is 0.111. The Balaban J connectivity index is 1.89. The van der Waals surface area contributed by atoms with E-state index < -0.39 is 0 Å². The Bertz CT molecular complexity index is 791. The number of hydrogen-bond donors (Lipinski definition) is 1. The average Bonchev–Trinajstić information content (AvgIpc) is 2.63. The quantitative estimate of drug-likeness (QED) is 0.782. The number of rotatable bonds is 5. The molecule has 0 radical (unpaired) electrons. The lowest BCUT2D eigenvalue weighted by molar-refractivity contribution is 0.373. The largest absolute Gasteiger partial charge is 0.493 e. The molecule has 0 aliphatic rings. The number of methoxy groups -OCH3 is 1. The summed E-state index contributed by atoms with van der Waals surface area (Å²) in [6.07, 6.45) is 1.48. The maximum Gasteiger partial charge on any atom is 0.223 e. The first-order chi connectivity index (χ1) is 11.3. The highest BCUT2D eigenvalue weighted by molar-refractivity contribution is 5.59. The van der Waals surface area contributed by atoms with E-state index in [2.05, 4.69) is 9.97 Å². The Morgan fingerprint density at radius 3 is 2.52 bits per heavy atom. The lowest BCUT2D eigenvalue weighted by Crippen LogP contribution is -1.98. The van der Waals surface area contributed by atoms with Crippen molar-refractivity contribution >= 4 is 0 Å². The minimum absolute atomic E-state index is 0.447. The van der Waals surface area contributed by atoms with Crippen molar-refractivity contribution in [1.82, 2.24) is 9.97 Å². The normalized spacial score (nSPS) is 10.3. The van der Waals surface area contributed by atoms with Gasteiger partial charge in [0, 0.05) is 18.2 Å². The van der Waals surface area contributed by atoms with Gasteiger partial charge in [-0.05, 0) is 17.7 Å². The summed E-state index contributed by atoms with van der Waals surface area (Å²) in [7, 11) is 1.60. The zero-order valence-corrected chi connectivity index (χ0v) is 12.8. The van der Waals surface area contributed by atoms with E-state index in [0.717, 1.165) is 16.8 Å². The lowest BCUT2D eigenvalue weighted by atomic mass is 10.1. The Hall–Kier alpha value is -2.92. The molecule has 5 heteroatoms. The molecule has 0 atom stereocenters. The average molecular weight is 307 g/mol. The Labute approximate surface area is 134 Å². The smallest absolute Gasteiger partial charge is 0.223 e. The standard InChI is InChI=1S/C18H17N3O2/c1-22-17-9-13(11-19)7-8-16(17)23-18-10-15(20-12-21-18)14-5-3-2-4-6-14/h2-10,12H,11,19H2,1H3. The fourth-order valence-corrected chi connectivity index (χ4v) is 2.20. The molecule has 1 aromatic heterocycles. The maximum atomic E-state index is 5.85. The van der Waals surface area contributed by atoms with E-state index in [0.29, 0.717) is 23.9 Å². The lowest BCUT2D eigenvalue weighted by Gasteiger charge is -2.11. The molecule has 0 amide bonds. The fourth-order valence-electron chi connectivity index (χ4n) is 2.20. The molecule has 0 bridgehead atoms. The summed E-state index contributed by atoms with van der Waals surface area (Å²) >= 11 is 0. The van der Waals surface area contributed by atoms with Gasteiger partial charge in [-0.15, -0.1) is 0 Å². The van der Waals surface area contributed by atoms with Crippen molar-refractivity contribution in [3.05, 3.63) is 66.5 Å². The molecule has 0 spiro atoms. The first kappa shape index (κ1) is 15.0. The summed E-state index contributed by atoms with van der Waals surface area (Å²) in [5.41, 5.74) is 8.42. The van der Waals surface area contributed by atoms with Crippen molar-refractivity contribution in [2.45, 2.75) is 6.54 Å². The summed E-state index contributed by atoms with van der Waals surface area (Å²) in [5.74, 6) is 1.66. The Morgan fingerprint density at radius 1 is 0.957 bits per heavy atom. The molecule has 1 heterocycles. The van der Waals surface area contributed by atoms with Gasteiger partial charge >= 0.3 is 0 Å². The van der Waals surface area contributed by atoms with Crippen molar-refractivity contribution in [1.29, 1.82) is 0 Å². The van der Waals surface area contributed by atoms with Gasteiger partial charge in [0.15, 0.2) is 11.5 Å². The van der Waals surface area contributed by atoms with Gasteiger partial charge in [0.05, 0.1) is 12.8 Å². The molecular weight excluding hydrogens is 290 g/mol. The van der Waals surface area contributed by atoms with Gasteiger partial charge in [-0.1, -0.05) is 36.4 Å². The van der Waals surface area contributed by atoms with Crippen molar-refractivity contribution in [2.24, 2.45) is 5.73 Å². The number of ether oxygens (including phenoxy) is 2. The minimum Gasteiger partial charge on any atom is -0.493 e. The third-order valence-corrected chi connectivity index (χ3v) is 3.39. The highest BCUT2D eigenvalue weighted by Crippen LogP contribution is 2.32. The number of hydrogen-bond acceptors (Lipinski definition) is 5. The van der Waals surface area contributed by atoms with Crippen LogP contribution in [-0.2, 0) is 6.54 Å². The van der Waals surface area contributed by atoms with Crippen LogP contribution in [0, 0.1) is 0 Å². The van der Waals surface area contributed by atoms with E-state index in [-0.39, 0.29) is 0 Å². The van der Waals surface area contributed by atoms with E-state index in [9.17, 15) is 0 Å². The minimum atomic E-state index is 0.447. The Morgan fingerprint density at radius 2 is 1.78 bits per heavy atom. The van der Waals surface area contributed by atoms with Crippen molar-refractivity contribution in [2.75, 3.05) is 7.11 Å². The molecule has 0 saturated carbocycles. The molecule has 0 saturated heterocycles. The zero-order chi connectivity index (χ0) is 16.1. The second-order valence-electron chi connectivity index (χ2n) is 4.90. The summed E-state index contributed by atoms with van der Waals surface area (Å²) in [6.45, 7) is 0.447. The second kappa shape index (κ2) is 6.89. The predicted molar refractivity (Wildman–Crippen MR) is 88.4 cm³/mol. The van der Waals surface area contributed by atoms with Crippen LogP contribution in [0.4, 0.5) is 0 Å². The van der Waals surface area contributed by atoms with Gasteiger partial charge in [0.2, 0.25) is 5.88 Å². The van der Waals surface area contributed by atoms with Gasteiger partial charge < -0.3 is 15.2 Å². The van der Waals surface area contributed by atoms with Crippen LogP contribution >= 0.6 is 0 Å². The third kappa shape index (κ3) is 3.46. The van der Waals surface area contributed by atoms with Gasteiger partial charge in [0.1, 0.15) is 6.33 Å². The maximum absolute atomic E-state index is 5.85. The van der Waals surface area contributed by atoms with E-state index in [4.69, 9.17) is 15.2 Å². The van der Waals surface area contributed by atoms with E-state index >= 15 is 0 Å². The molecule has 3 aromatic rings. The van der Waals surface area contributed by atoms with Crippen molar-refractivity contribution in [3.8, 4) is 28.6 Å². The molecule has 2 aromatic carbocycles. The molecular formula is C18H17N3O2. The molecule has 23 heavy (non-hydrogen) atoms. The van der Waals surface area contributed by atoms with Crippen LogP contribution in [0.5, 0.6) is 17.4 Å². The first-order valence-electron chi connectivity index (χ1n) is 7.22. The number of nitrogens with zero attached hydrogens (tertiary/aromatic N) is 2. The van der Waals surface area contributed by atoms with Crippen LogP contribution in [0.1, 0.15) is 5.56 Å². The van der Waals surface area contributed by atoms with Gasteiger partial charge in [-0.3, -0.25) is 0 Å². The topological polar surface area (TPSA) is 70.3 Å². The molecule has 5 nitrogen and oxygen atoms in total. The number of benzene rings is 2. The molecule has 116 valence electrons. The highest BCUT2D eigenvalue weighted by atomic mass is 16.5.